The van der Waals surface area contributed by atoms with Crippen molar-refractivity contribution in [2.45, 2.75) is 6.92 Å². The minimum absolute atomic E-state index is 0.0871. The van der Waals surface area contributed by atoms with Gasteiger partial charge >= 0.3 is 35.6 Å². The fourth-order valence-corrected chi connectivity index (χ4v) is 3.40. The monoisotopic (exact) mass is 428 g/mol. The first-order chi connectivity index (χ1) is 12.0. The summed E-state index contributed by atoms with van der Waals surface area (Å²) in [6.45, 7) is 1.86. The first-order valence-electron chi connectivity index (χ1n) is 7.43. The van der Waals surface area contributed by atoms with Crippen LogP contribution in [0, 0.1) is 12.7 Å². The number of aromatic hydroxyl groups is 1. The molecule has 0 amide bonds. The molecule has 3 aromatic carbocycles. The van der Waals surface area contributed by atoms with E-state index in [1.165, 1.54) is 6.07 Å². The number of rotatable bonds is 3. The summed E-state index contributed by atoms with van der Waals surface area (Å²) in [4.78, 5) is 0. The van der Waals surface area contributed by atoms with E-state index in [4.69, 9.17) is 18.6 Å². The Labute approximate surface area is 165 Å². The Morgan fingerprint density at radius 2 is 1.56 bits per heavy atom. The van der Waals surface area contributed by atoms with Gasteiger partial charge in [-0.3, -0.25) is 0 Å². The minimum atomic E-state index is -0.556. The van der Waals surface area contributed by atoms with Crippen molar-refractivity contribution >= 4 is 37.8 Å². The zero-order valence-electron chi connectivity index (χ0n) is 13.4. The van der Waals surface area contributed by atoms with Gasteiger partial charge in [-0.2, -0.15) is 0 Å². The van der Waals surface area contributed by atoms with Gasteiger partial charge in [0.15, 0.2) is 0 Å². The Bertz CT molecular complexity index is 831. The molecule has 0 saturated carbocycles. The van der Waals surface area contributed by atoms with Gasteiger partial charge in [-0.25, -0.2) is 4.39 Å². The second-order valence-corrected chi connectivity index (χ2v) is 9.18. The van der Waals surface area contributed by atoms with Crippen molar-refractivity contribution < 1.29 is 26.5 Å². The molecule has 0 saturated heterocycles. The van der Waals surface area contributed by atoms with Crippen LogP contribution in [0.1, 0.15) is 5.56 Å². The Balaban J connectivity index is 0.000000701. The SMILES string of the molecule is Cc1ccc(Pc2cc(-c3ccccc3)ccc2O)c(F)c1.[Cl][Ti][Cl]. The summed E-state index contributed by atoms with van der Waals surface area (Å²) in [5.41, 5.74) is 3.00. The van der Waals surface area contributed by atoms with Crippen molar-refractivity contribution in [3.8, 4) is 16.9 Å². The first kappa shape index (κ1) is 20.4. The number of aryl methyl sites for hydroxylation is 1. The summed E-state index contributed by atoms with van der Waals surface area (Å²) in [7, 11) is 9.86. The Morgan fingerprint density at radius 1 is 0.880 bits per heavy atom. The van der Waals surface area contributed by atoms with Gasteiger partial charge < -0.3 is 5.11 Å². The Morgan fingerprint density at radius 3 is 2.20 bits per heavy atom. The van der Waals surface area contributed by atoms with Crippen molar-refractivity contribution in [3.05, 3.63) is 78.1 Å². The van der Waals surface area contributed by atoms with E-state index in [9.17, 15) is 9.50 Å². The van der Waals surface area contributed by atoms with Crippen LogP contribution in [0.15, 0.2) is 66.7 Å². The third kappa shape index (κ3) is 6.10. The molecule has 6 heteroatoms. The van der Waals surface area contributed by atoms with Crippen LogP contribution in [-0.2, 0) is 17.0 Å². The van der Waals surface area contributed by atoms with Gasteiger partial charge in [-0.05, 0) is 41.8 Å². The molecular formula is C19H16Cl2FOPTi. The summed E-state index contributed by atoms with van der Waals surface area (Å²) < 4.78 is 14.0. The zero-order chi connectivity index (χ0) is 18.2. The summed E-state index contributed by atoms with van der Waals surface area (Å²) >= 11 is -0.556. The average Bonchev–Trinajstić information content (AvgIpc) is 2.60. The molecule has 25 heavy (non-hydrogen) atoms. The van der Waals surface area contributed by atoms with Crippen LogP contribution in [0.3, 0.4) is 0 Å². The van der Waals surface area contributed by atoms with Crippen LogP contribution in [0.2, 0.25) is 0 Å². The molecule has 1 atom stereocenters. The predicted molar refractivity (Wildman–Crippen MR) is 104 cm³/mol. The molecule has 0 aliphatic heterocycles. The molecule has 0 radical (unpaired) electrons. The molecule has 0 aliphatic carbocycles. The zero-order valence-corrected chi connectivity index (χ0v) is 17.5. The predicted octanol–water partition coefficient (Wildman–Crippen LogP) is 5.51. The van der Waals surface area contributed by atoms with Gasteiger partial charge in [0.25, 0.3) is 0 Å². The van der Waals surface area contributed by atoms with Gasteiger partial charge in [0, 0.05) is 10.6 Å². The number of phenolic OH excluding ortho intramolecular Hbond substituents is 1. The molecule has 0 bridgehead atoms. The molecule has 3 aromatic rings. The van der Waals surface area contributed by atoms with Crippen LogP contribution >= 0.6 is 27.2 Å². The van der Waals surface area contributed by atoms with E-state index in [0.717, 1.165) is 22.0 Å². The molecule has 0 aromatic heterocycles. The van der Waals surface area contributed by atoms with E-state index < -0.39 is 17.0 Å². The summed E-state index contributed by atoms with van der Waals surface area (Å²) in [6, 6.07) is 20.7. The summed E-state index contributed by atoms with van der Waals surface area (Å²) in [5, 5.41) is 11.4. The normalized spacial score (nSPS) is 10.4. The molecule has 0 fully saturated rings. The Hall–Kier alpha value is -0.886. The molecule has 0 heterocycles. The van der Waals surface area contributed by atoms with E-state index in [2.05, 4.69) is 0 Å². The van der Waals surface area contributed by atoms with E-state index >= 15 is 0 Å². The van der Waals surface area contributed by atoms with Gasteiger partial charge in [0.1, 0.15) is 11.6 Å². The van der Waals surface area contributed by atoms with Gasteiger partial charge in [0.2, 0.25) is 0 Å². The number of halogens is 3. The average molecular weight is 429 g/mol. The molecule has 1 nitrogen and oxygen atoms in total. The molecule has 0 aliphatic rings. The van der Waals surface area contributed by atoms with Gasteiger partial charge in [0.05, 0.1) is 0 Å². The van der Waals surface area contributed by atoms with E-state index in [1.807, 2.05) is 55.5 Å². The van der Waals surface area contributed by atoms with Crippen molar-refractivity contribution in [2.75, 3.05) is 0 Å². The second-order valence-electron chi connectivity index (χ2n) is 5.28. The maximum atomic E-state index is 14.0. The topological polar surface area (TPSA) is 20.2 Å². The third-order valence-corrected chi connectivity index (χ3v) is 4.84. The first-order valence-corrected chi connectivity index (χ1v) is 12.7. The second kappa shape index (κ2) is 10.3. The number of hydrogen-bond acceptors (Lipinski definition) is 1. The van der Waals surface area contributed by atoms with Crippen molar-refractivity contribution in [1.82, 2.24) is 0 Å². The van der Waals surface area contributed by atoms with Gasteiger partial charge in [-0.15, -0.1) is 0 Å². The standard InChI is InChI=1S/C19H16FOP.2ClH.Ti/c1-13-7-10-18(16(20)11-13)22-19-12-15(8-9-17(19)21)14-5-3-2-4-6-14;;;/h2-12,21-22H,1H3;2*1H;/q;;;+2/p-2. The molecule has 0 spiro atoms. The van der Waals surface area contributed by atoms with Crippen molar-refractivity contribution in [3.63, 3.8) is 0 Å². The quantitative estimate of drug-likeness (QED) is 0.430. The van der Waals surface area contributed by atoms with E-state index in [-0.39, 0.29) is 20.1 Å². The van der Waals surface area contributed by atoms with Gasteiger partial charge in [-0.1, -0.05) is 57.1 Å². The molecular weight excluding hydrogens is 413 g/mol. The van der Waals surface area contributed by atoms with Crippen LogP contribution < -0.4 is 10.6 Å². The summed E-state index contributed by atoms with van der Waals surface area (Å²) in [5.74, 6) is -0.0131. The summed E-state index contributed by atoms with van der Waals surface area (Å²) in [6.07, 6.45) is 0. The molecule has 3 rings (SSSR count). The number of benzene rings is 3. The fraction of sp³-hybridized carbons (Fsp3) is 0.0526. The maximum absolute atomic E-state index is 14.0. The van der Waals surface area contributed by atoms with Crippen molar-refractivity contribution in [1.29, 1.82) is 0 Å². The van der Waals surface area contributed by atoms with Crippen LogP contribution in [0.5, 0.6) is 5.75 Å². The van der Waals surface area contributed by atoms with Crippen LogP contribution in [0.25, 0.3) is 11.1 Å². The number of phenols is 1. The third-order valence-electron chi connectivity index (χ3n) is 3.50. The van der Waals surface area contributed by atoms with Crippen molar-refractivity contribution in [2.24, 2.45) is 0 Å². The number of hydrogen-bond donors (Lipinski definition) is 1. The van der Waals surface area contributed by atoms with Crippen LogP contribution in [-0.4, -0.2) is 5.11 Å². The molecule has 1 N–H and O–H groups in total. The fourth-order valence-electron chi connectivity index (χ4n) is 2.31. The van der Waals surface area contributed by atoms with E-state index in [1.54, 1.807) is 12.1 Å². The molecule has 1 unspecified atom stereocenters. The Kier molecular flexibility index (Phi) is 8.42. The van der Waals surface area contributed by atoms with E-state index in [0.29, 0.717) is 5.30 Å². The van der Waals surface area contributed by atoms with Crippen LogP contribution in [0.4, 0.5) is 4.39 Å². The molecule has 128 valence electrons.